The lowest BCUT2D eigenvalue weighted by molar-refractivity contribution is -0.115. The molecule has 4 heteroatoms. The Hall–Kier alpha value is -0.483. The Bertz CT molecular complexity index is 193. The summed E-state index contributed by atoms with van der Waals surface area (Å²) in [5, 5.41) is 0. The first kappa shape index (κ1) is 13.5. The summed E-state index contributed by atoms with van der Waals surface area (Å²) < 4.78 is 5.08. The van der Waals surface area contributed by atoms with Crippen molar-refractivity contribution >= 4 is 21.3 Å². The van der Waals surface area contributed by atoms with Gasteiger partial charge in [0.2, 0.25) is 0 Å². The zero-order chi connectivity index (χ0) is 10.8. The standard InChI is InChI=1S/C10H21NO2Si/c1-9(8-10(2)12)11-6-4-5-7-14-13-3/h4-8,14H2,1-3H3. The average Bonchev–Trinajstić information content (AvgIpc) is 2.10. The molecule has 0 aliphatic rings. The average molecular weight is 215 g/mol. The highest BCUT2D eigenvalue weighted by atomic mass is 28.2. The number of unbranched alkanes of at least 4 members (excludes halogenated alkanes) is 1. The molecule has 0 aliphatic carbocycles. The van der Waals surface area contributed by atoms with Crippen molar-refractivity contribution in [3.8, 4) is 0 Å². The highest BCUT2D eigenvalue weighted by Crippen LogP contribution is 1.97. The van der Waals surface area contributed by atoms with Gasteiger partial charge < -0.3 is 4.43 Å². The Morgan fingerprint density at radius 2 is 2.07 bits per heavy atom. The number of ketones is 1. The third-order valence-electron chi connectivity index (χ3n) is 1.89. The van der Waals surface area contributed by atoms with Gasteiger partial charge in [-0.3, -0.25) is 9.79 Å². The van der Waals surface area contributed by atoms with Gasteiger partial charge in [0.15, 0.2) is 9.76 Å². The minimum Gasteiger partial charge on any atom is -0.427 e. The summed E-state index contributed by atoms with van der Waals surface area (Å²) in [4.78, 5) is 15.1. The van der Waals surface area contributed by atoms with E-state index in [0.29, 0.717) is 6.42 Å². The number of hydrogen-bond acceptors (Lipinski definition) is 3. The van der Waals surface area contributed by atoms with Gasteiger partial charge in [-0.25, -0.2) is 0 Å². The van der Waals surface area contributed by atoms with E-state index >= 15 is 0 Å². The maximum Gasteiger partial charge on any atom is 0.161 e. The number of carbonyl (C=O) groups excluding carboxylic acids is 1. The molecule has 0 rings (SSSR count). The Morgan fingerprint density at radius 1 is 1.36 bits per heavy atom. The first-order chi connectivity index (χ1) is 6.66. The molecule has 0 heterocycles. The molecule has 0 saturated heterocycles. The van der Waals surface area contributed by atoms with Crippen molar-refractivity contribution in [3.05, 3.63) is 0 Å². The van der Waals surface area contributed by atoms with Gasteiger partial charge in [-0.1, -0.05) is 6.42 Å². The number of carbonyl (C=O) groups is 1. The molecule has 0 aliphatic heterocycles. The van der Waals surface area contributed by atoms with Gasteiger partial charge in [-0.2, -0.15) is 0 Å². The summed E-state index contributed by atoms with van der Waals surface area (Å²) in [6.45, 7) is 4.38. The second-order valence-corrected chi connectivity index (χ2v) is 5.24. The van der Waals surface area contributed by atoms with Crippen molar-refractivity contribution in [1.29, 1.82) is 0 Å². The molecule has 0 spiro atoms. The van der Waals surface area contributed by atoms with Crippen LogP contribution in [0.3, 0.4) is 0 Å². The molecule has 0 aromatic rings. The zero-order valence-corrected chi connectivity index (χ0v) is 10.9. The van der Waals surface area contributed by atoms with Crippen molar-refractivity contribution in [3.63, 3.8) is 0 Å². The predicted octanol–water partition coefficient (Wildman–Crippen LogP) is 1.36. The monoisotopic (exact) mass is 215 g/mol. The second-order valence-electron chi connectivity index (χ2n) is 3.55. The van der Waals surface area contributed by atoms with E-state index in [-0.39, 0.29) is 15.5 Å². The van der Waals surface area contributed by atoms with E-state index in [0.717, 1.165) is 18.7 Å². The Labute approximate surface area is 88.9 Å². The van der Waals surface area contributed by atoms with Crippen LogP contribution in [0.4, 0.5) is 0 Å². The molecule has 82 valence electrons. The first-order valence-corrected chi connectivity index (χ1v) is 6.73. The molecule has 0 amide bonds. The Kier molecular flexibility index (Phi) is 8.77. The van der Waals surface area contributed by atoms with Crippen LogP contribution in [-0.2, 0) is 9.22 Å². The number of hydrogen-bond donors (Lipinski definition) is 0. The van der Waals surface area contributed by atoms with Crippen LogP contribution >= 0.6 is 0 Å². The van der Waals surface area contributed by atoms with Crippen LogP contribution < -0.4 is 0 Å². The van der Waals surface area contributed by atoms with Crippen LogP contribution in [-0.4, -0.2) is 34.9 Å². The molecule has 3 nitrogen and oxygen atoms in total. The molecule has 0 bridgehead atoms. The lowest BCUT2D eigenvalue weighted by Gasteiger charge is -1.99. The molecule has 0 atom stereocenters. The predicted molar refractivity (Wildman–Crippen MR) is 62.9 cm³/mol. The van der Waals surface area contributed by atoms with E-state index in [1.54, 1.807) is 14.0 Å². The summed E-state index contributed by atoms with van der Waals surface area (Å²) in [6, 6.07) is 1.23. The third kappa shape index (κ3) is 9.60. The maximum atomic E-state index is 10.7. The lowest BCUT2D eigenvalue weighted by atomic mass is 10.2. The Morgan fingerprint density at radius 3 is 2.64 bits per heavy atom. The number of rotatable bonds is 8. The fraction of sp³-hybridized carbons (Fsp3) is 0.800. The summed E-state index contributed by atoms with van der Waals surface area (Å²) >= 11 is 0. The van der Waals surface area contributed by atoms with Crippen LogP contribution in [0, 0.1) is 0 Å². The van der Waals surface area contributed by atoms with E-state index < -0.39 is 0 Å². The van der Waals surface area contributed by atoms with Gasteiger partial charge in [0.05, 0.1) is 0 Å². The number of nitrogens with zero attached hydrogens (tertiary/aromatic N) is 1. The van der Waals surface area contributed by atoms with Crippen LogP contribution in [0.1, 0.15) is 33.1 Å². The van der Waals surface area contributed by atoms with Crippen molar-refractivity contribution < 1.29 is 9.22 Å². The molecule has 0 fully saturated rings. The van der Waals surface area contributed by atoms with E-state index in [2.05, 4.69) is 4.99 Å². The second kappa shape index (κ2) is 9.09. The van der Waals surface area contributed by atoms with E-state index in [4.69, 9.17) is 4.43 Å². The fourth-order valence-electron chi connectivity index (χ4n) is 1.22. The van der Waals surface area contributed by atoms with Crippen LogP contribution in [0.2, 0.25) is 6.04 Å². The molecule has 0 saturated carbocycles. The maximum absolute atomic E-state index is 10.7. The molecule has 0 aromatic heterocycles. The van der Waals surface area contributed by atoms with Crippen molar-refractivity contribution in [2.45, 2.75) is 39.2 Å². The van der Waals surface area contributed by atoms with E-state index in [9.17, 15) is 4.79 Å². The normalized spacial score (nSPS) is 12.6. The zero-order valence-electron chi connectivity index (χ0n) is 9.51. The molecule has 0 N–H and O–H groups in total. The minimum atomic E-state index is -0.246. The van der Waals surface area contributed by atoms with Gasteiger partial charge >= 0.3 is 0 Å². The first-order valence-electron chi connectivity index (χ1n) is 5.15. The highest BCUT2D eigenvalue weighted by molar-refractivity contribution is 6.26. The van der Waals surface area contributed by atoms with Crippen LogP contribution in [0.15, 0.2) is 4.99 Å². The molecule has 0 aromatic carbocycles. The van der Waals surface area contributed by atoms with Crippen molar-refractivity contribution in [1.82, 2.24) is 0 Å². The summed E-state index contributed by atoms with van der Waals surface area (Å²) in [6.07, 6.45) is 2.83. The molecular formula is C10H21NO2Si. The minimum absolute atomic E-state index is 0.193. The SMILES string of the molecule is CO[SiH2]CCCCN=C(C)CC(C)=O. The van der Waals surface area contributed by atoms with Crippen LogP contribution in [0.25, 0.3) is 0 Å². The topological polar surface area (TPSA) is 38.7 Å². The summed E-state index contributed by atoms with van der Waals surface area (Å²) in [5.74, 6) is 0.193. The smallest absolute Gasteiger partial charge is 0.161 e. The largest absolute Gasteiger partial charge is 0.427 e. The Balaban J connectivity index is 3.36. The van der Waals surface area contributed by atoms with E-state index in [1.165, 1.54) is 12.5 Å². The number of Topliss-reactive ketones (excluding diaryl/α,β-unsaturated/α-hetero) is 1. The van der Waals surface area contributed by atoms with E-state index in [1.807, 2.05) is 6.92 Å². The molecular weight excluding hydrogens is 194 g/mol. The summed E-state index contributed by atoms with van der Waals surface area (Å²) in [5.41, 5.74) is 0.960. The van der Waals surface area contributed by atoms with Crippen molar-refractivity contribution in [2.75, 3.05) is 13.7 Å². The highest BCUT2D eigenvalue weighted by Gasteiger charge is 1.96. The molecule has 0 unspecified atom stereocenters. The third-order valence-corrected chi connectivity index (χ3v) is 3.09. The van der Waals surface area contributed by atoms with Gasteiger partial charge in [0.25, 0.3) is 0 Å². The van der Waals surface area contributed by atoms with Gasteiger partial charge in [0.1, 0.15) is 5.78 Å². The van der Waals surface area contributed by atoms with Gasteiger partial charge in [0, 0.05) is 25.8 Å². The quantitative estimate of drug-likeness (QED) is 0.348. The van der Waals surface area contributed by atoms with Gasteiger partial charge in [-0.05, 0) is 26.3 Å². The van der Waals surface area contributed by atoms with Crippen molar-refractivity contribution in [2.24, 2.45) is 4.99 Å². The van der Waals surface area contributed by atoms with Crippen LogP contribution in [0.5, 0.6) is 0 Å². The van der Waals surface area contributed by atoms with Gasteiger partial charge in [-0.15, -0.1) is 0 Å². The lowest BCUT2D eigenvalue weighted by Crippen LogP contribution is -2.01. The molecule has 14 heavy (non-hydrogen) atoms. The number of aliphatic imine (C=N–C) groups is 1. The summed E-state index contributed by atoms with van der Waals surface area (Å²) in [7, 11) is 1.53. The fourth-order valence-corrected chi connectivity index (χ4v) is 2.07. The molecule has 0 radical (unpaired) electrons.